The number of ether oxygens (including phenoxy) is 1. The molecule has 43 heavy (non-hydrogen) atoms. The minimum atomic E-state index is -0.694. The number of nitrogens with zero attached hydrogens (tertiary/aromatic N) is 4. The molecule has 0 spiro atoms. The number of hydrogen-bond acceptors (Lipinski definition) is 7. The van der Waals surface area contributed by atoms with Crippen LogP contribution >= 0.6 is 0 Å². The number of halogens is 2. The molecule has 0 saturated carbocycles. The van der Waals surface area contributed by atoms with E-state index in [4.69, 9.17) is 14.3 Å². The second-order valence-electron chi connectivity index (χ2n) is 10.6. The van der Waals surface area contributed by atoms with Gasteiger partial charge in [-0.3, -0.25) is 4.79 Å². The number of aryl methyl sites for hydroxylation is 1. The van der Waals surface area contributed by atoms with Gasteiger partial charge in [0.25, 0.3) is 0 Å². The van der Waals surface area contributed by atoms with E-state index in [-0.39, 0.29) is 34.1 Å². The fourth-order valence-electron chi connectivity index (χ4n) is 5.33. The number of anilines is 1. The van der Waals surface area contributed by atoms with Gasteiger partial charge in [-0.1, -0.05) is 35.9 Å². The molecule has 0 fully saturated rings. The van der Waals surface area contributed by atoms with Gasteiger partial charge >= 0.3 is 0 Å². The summed E-state index contributed by atoms with van der Waals surface area (Å²) in [5.41, 5.74) is 2.71. The van der Waals surface area contributed by atoms with Crippen molar-refractivity contribution in [3.63, 3.8) is 0 Å². The van der Waals surface area contributed by atoms with E-state index in [9.17, 15) is 9.18 Å². The van der Waals surface area contributed by atoms with Gasteiger partial charge in [-0.25, -0.2) is 23.4 Å². The molecule has 218 valence electrons. The monoisotopic (exact) mass is 581 g/mol. The molecule has 0 saturated heterocycles. The van der Waals surface area contributed by atoms with Crippen LogP contribution in [-0.2, 0) is 0 Å². The molecule has 0 aliphatic heterocycles. The maximum absolute atomic E-state index is 15.1. The summed E-state index contributed by atoms with van der Waals surface area (Å²) >= 11 is 0. The summed E-state index contributed by atoms with van der Waals surface area (Å²) in [6, 6.07) is 15.6. The first-order valence-corrected chi connectivity index (χ1v) is 13.9. The Morgan fingerprint density at radius 1 is 0.930 bits per heavy atom. The molecule has 0 amide bonds. The van der Waals surface area contributed by atoms with E-state index >= 15 is 4.39 Å². The zero-order valence-electron chi connectivity index (χ0n) is 24.3. The standard InChI is InChI=1S/C33H29F2N5O3/c1-17(2)42-24-13-12-21(15-23(24)35)29-28-32(36-5)37-16-38-33(28)40(39-29)19(4)31-26(20-9-6-8-18(3)14-20)30(41)27-22(34)10-7-11-25(27)43-31/h6-17,19H,1-5H3,(H,36,37,38). The van der Waals surface area contributed by atoms with Gasteiger partial charge in [0.15, 0.2) is 17.2 Å². The lowest BCUT2D eigenvalue weighted by atomic mass is 9.98. The van der Waals surface area contributed by atoms with Crippen LogP contribution in [0, 0.1) is 18.6 Å². The van der Waals surface area contributed by atoms with Crippen LogP contribution in [0.4, 0.5) is 14.6 Å². The molecule has 10 heteroatoms. The average Bonchev–Trinajstić information content (AvgIpc) is 3.37. The Kier molecular flexibility index (Phi) is 7.13. The highest BCUT2D eigenvalue weighted by Gasteiger charge is 2.28. The molecular formula is C33H29F2N5O3. The largest absolute Gasteiger partial charge is 0.488 e. The Bertz CT molecular complexity index is 2070. The highest BCUT2D eigenvalue weighted by molar-refractivity contribution is 5.99. The third kappa shape index (κ3) is 4.88. The maximum atomic E-state index is 15.1. The third-order valence-corrected chi connectivity index (χ3v) is 7.24. The number of aromatic nitrogens is 4. The molecule has 1 atom stereocenters. The molecule has 6 aromatic rings. The molecule has 0 bridgehead atoms. The minimum Gasteiger partial charge on any atom is -0.488 e. The lowest BCUT2D eigenvalue weighted by Gasteiger charge is -2.17. The predicted octanol–water partition coefficient (Wildman–Crippen LogP) is 7.29. The normalized spacial score (nSPS) is 12.3. The van der Waals surface area contributed by atoms with Gasteiger partial charge in [0, 0.05) is 12.6 Å². The molecule has 8 nitrogen and oxygen atoms in total. The van der Waals surface area contributed by atoms with Gasteiger partial charge in [0.2, 0.25) is 5.43 Å². The number of nitrogens with one attached hydrogen (secondary N) is 1. The van der Waals surface area contributed by atoms with Crippen LogP contribution in [0.5, 0.6) is 5.75 Å². The van der Waals surface area contributed by atoms with Crippen LogP contribution in [-0.4, -0.2) is 32.9 Å². The first-order chi connectivity index (χ1) is 20.7. The molecule has 6 rings (SSSR count). The highest BCUT2D eigenvalue weighted by atomic mass is 19.1. The van der Waals surface area contributed by atoms with Gasteiger partial charge in [-0.05, 0) is 63.6 Å². The number of benzene rings is 3. The third-order valence-electron chi connectivity index (χ3n) is 7.24. The number of rotatable bonds is 7. The Labute approximate surface area is 246 Å². The molecule has 3 aromatic heterocycles. The van der Waals surface area contributed by atoms with Crippen molar-refractivity contribution in [2.75, 3.05) is 12.4 Å². The number of hydrogen-bond donors (Lipinski definition) is 1. The average molecular weight is 582 g/mol. The topological polar surface area (TPSA) is 95.1 Å². The minimum absolute atomic E-state index is 0.119. The van der Waals surface area contributed by atoms with Crippen LogP contribution in [0.1, 0.15) is 38.1 Å². The van der Waals surface area contributed by atoms with Gasteiger partial charge in [0.05, 0.1) is 17.1 Å². The van der Waals surface area contributed by atoms with Crippen molar-refractivity contribution in [1.82, 2.24) is 19.7 Å². The predicted molar refractivity (Wildman–Crippen MR) is 162 cm³/mol. The molecule has 0 aliphatic rings. The highest BCUT2D eigenvalue weighted by Crippen LogP contribution is 2.38. The Balaban J connectivity index is 1.61. The van der Waals surface area contributed by atoms with Crippen molar-refractivity contribution in [2.45, 2.75) is 39.8 Å². The molecule has 0 radical (unpaired) electrons. The fourth-order valence-corrected chi connectivity index (χ4v) is 5.33. The summed E-state index contributed by atoms with van der Waals surface area (Å²) in [6.07, 6.45) is 1.20. The van der Waals surface area contributed by atoms with E-state index in [0.717, 1.165) is 5.56 Å². The van der Waals surface area contributed by atoms with Crippen LogP contribution < -0.4 is 15.5 Å². The summed E-state index contributed by atoms with van der Waals surface area (Å²) in [5.74, 6) is -0.295. The van der Waals surface area contributed by atoms with E-state index in [0.29, 0.717) is 33.7 Å². The van der Waals surface area contributed by atoms with Crippen LogP contribution in [0.2, 0.25) is 0 Å². The quantitative estimate of drug-likeness (QED) is 0.212. The van der Waals surface area contributed by atoms with Crippen LogP contribution in [0.3, 0.4) is 0 Å². The lowest BCUT2D eigenvalue weighted by molar-refractivity contribution is 0.231. The summed E-state index contributed by atoms with van der Waals surface area (Å²) in [5, 5.41) is 8.39. The fraction of sp³-hybridized carbons (Fsp3) is 0.212. The number of fused-ring (bicyclic) bond motifs is 2. The Hall–Kier alpha value is -5.12. The van der Waals surface area contributed by atoms with E-state index in [1.54, 1.807) is 36.0 Å². The summed E-state index contributed by atoms with van der Waals surface area (Å²) in [6.45, 7) is 7.38. The summed E-state index contributed by atoms with van der Waals surface area (Å²) < 4.78 is 43.6. The molecule has 3 aromatic carbocycles. The first kappa shape index (κ1) is 28.0. The second kappa shape index (κ2) is 10.9. The summed E-state index contributed by atoms with van der Waals surface area (Å²) in [7, 11) is 1.72. The van der Waals surface area contributed by atoms with Gasteiger partial charge in [-0.2, -0.15) is 5.10 Å². The molecule has 3 heterocycles. The van der Waals surface area contributed by atoms with Crippen molar-refractivity contribution in [3.05, 3.63) is 100 Å². The van der Waals surface area contributed by atoms with Crippen molar-refractivity contribution in [1.29, 1.82) is 0 Å². The molecule has 0 aliphatic carbocycles. The second-order valence-corrected chi connectivity index (χ2v) is 10.6. The van der Waals surface area contributed by atoms with Crippen molar-refractivity contribution in [3.8, 4) is 28.1 Å². The van der Waals surface area contributed by atoms with Gasteiger partial charge in [0.1, 0.15) is 46.4 Å². The Morgan fingerprint density at radius 3 is 2.44 bits per heavy atom. The smallest absolute Gasteiger partial charge is 0.203 e. The maximum Gasteiger partial charge on any atom is 0.203 e. The van der Waals surface area contributed by atoms with E-state index in [2.05, 4.69) is 15.3 Å². The zero-order chi connectivity index (χ0) is 30.4. The van der Waals surface area contributed by atoms with E-state index < -0.39 is 23.1 Å². The Morgan fingerprint density at radius 2 is 1.72 bits per heavy atom. The van der Waals surface area contributed by atoms with Crippen LogP contribution in [0.25, 0.3) is 44.4 Å². The van der Waals surface area contributed by atoms with Crippen molar-refractivity contribution >= 4 is 27.8 Å². The van der Waals surface area contributed by atoms with Crippen molar-refractivity contribution in [2.24, 2.45) is 0 Å². The summed E-state index contributed by atoms with van der Waals surface area (Å²) in [4.78, 5) is 22.8. The van der Waals surface area contributed by atoms with Crippen molar-refractivity contribution < 1.29 is 17.9 Å². The molecular weight excluding hydrogens is 552 g/mol. The van der Waals surface area contributed by atoms with Gasteiger partial charge in [-0.15, -0.1) is 0 Å². The van der Waals surface area contributed by atoms with E-state index in [1.165, 1.54) is 24.5 Å². The van der Waals surface area contributed by atoms with E-state index in [1.807, 2.05) is 45.9 Å². The molecule has 1 unspecified atom stereocenters. The lowest BCUT2D eigenvalue weighted by Crippen LogP contribution is -2.17. The molecule has 1 N–H and O–H groups in total. The van der Waals surface area contributed by atoms with Crippen LogP contribution in [0.15, 0.2) is 76.2 Å². The SMILES string of the molecule is CNc1ncnc2c1c(-c1ccc(OC(C)C)c(F)c1)nn2C(C)c1oc2cccc(F)c2c(=O)c1-c1cccc(C)c1. The zero-order valence-corrected chi connectivity index (χ0v) is 24.3. The first-order valence-electron chi connectivity index (χ1n) is 13.9. The van der Waals surface area contributed by atoms with Gasteiger partial charge < -0.3 is 14.5 Å².